The molecule has 0 unspecified atom stereocenters. The average molecular weight is 373 g/mol. The van der Waals surface area contributed by atoms with Gasteiger partial charge in [-0.15, -0.1) is 0 Å². The number of benzene rings is 3. The van der Waals surface area contributed by atoms with Crippen molar-refractivity contribution in [2.45, 2.75) is 19.6 Å². The summed E-state index contributed by atoms with van der Waals surface area (Å²) in [4.78, 5) is -0.846. The molecule has 0 fully saturated rings. The van der Waals surface area contributed by atoms with Crippen molar-refractivity contribution in [1.82, 2.24) is 0 Å². The van der Waals surface area contributed by atoms with Crippen LogP contribution in [0.15, 0.2) is 98.4 Å². The van der Waals surface area contributed by atoms with E-state index in [0.717, 1.165) is 18.2 Å². The summed E-state index contributed by atoms with van der Waals surface area (Å²) in [6.45, 7) is 0. The highest BCUT2D eigenvalue weighted by Crippen LogP contribution is 2.32. The van der Waals surface area contributed by atoms with Crippen LogP contribution in [0.1, 0.15) is 0 Å². The van der Waals surface area contributed by atoms with Crippen LogP contribution in [0.2, 0.25) is 0 Å². The van der Waals surface area contributed by atoms with Crippen LogP contribution >= 0.6 is 0 Å². The van der Waals surface area contributed by atoms with Crippen LogP contribution in [0.4, 0.5) is 0 Å². The van der Waals surface area contributed by atoms with Gasteiger partial charge >= 0.3 is 0 Å². The molecule has 127 valence electrons. The Morgan fingerprint density at radius 1 is 0.520 bits per heavy atom. The Balaban J connectivity index is 2.18. The van der Waals surface area contributed by atoms with Crippen LogP contribution in [-0.4, -0.2) is 16.8 Å². The summed E-state index contributed by atoms with van der Waals surface area (Å²) in [6.07, 6.45) is 0. The Morgan fingerprint density at radius 3 is 1.52 bits per heavy atom. The average Bonchev–Trinajstić information content (AvgIpc) is 2.63. The van der Waals surface area contributed by atoms with E-state index < -0.39 is 30.3 Å². The molecule has 3 aromatic rings. The van der Waals surface area contributed by atoms with Gasteiger partial charge in [0.05, 0.1) is 14.7 Å². The standard InChI is InChI=1S/C18H13O5S2/c19-17-12-11-16(24(20,21)14-7-3-1-4-8-14)13-18(17)25(22,23)15-9-5-2-6-10-15/h1-13H. The van der Waals surface area contributed by atoms with Crippen LogP contribution in [0.25, 0.3) is 0 Å². The first-order valence-corrected chi connectivity index (χ1v) is 10.2. The fraction of sp³-hybridized carbons (Fsp3) is 0. The summed E-state index contributed by atoms with van der Waals surface area (Å²) in [5.74, 6) is -0.754. The largest absolute Gasteiger partial charge is 0.288 e. The van der Waals surface area contributed by atoms with E-state index in [0.29, 0.717) is 0 Å². The molecular weight excluding hydrogens is 360 g/mol. The lowest BCUT2D eigenvalue weighted by Gasteiger charge is -2.09. The second-order valence-corrected chi connectivity index (χ2v) is 9.11. The van der Waals surface area contributed by atoms with Crippen molar-refractivity contribution >= 4 is 19.7 Å². The molecule has 0 bridgehead atoms. The molecule has 1 radical (unpaired) electrons. The minimum atomic E-state index is -4.11. The number of sulfone groups is 2. The van der Waals surface area contributed by atoms with Crippen LogP contribution in [-0.2, 0) is 24.8 Å². The zero-order valence-corrected chi connectivity index (χ0v) is 14.5. The first kappa shape index (κ1) is 17.2. The Kier molecular flexibility index (Phi) is 4.36. The Labute approximate surface area is 146 Å². The number of rotatable bonds is 4. The lowest BCUT2D eigenvalue weighted by molar-refractivity contribution is 0.342. The van der Waals surface area contributed by atoms with Gasteiger partial charge in [0, 0.05) is 0 Å². The zero-order valence-electron chi connectivity index (χ0n) is 12.9. The maximum Gasteiger partial charge on any atom is 0.210 e. The molecule has 0 saturated carbocycles. The van der Waals surface area contributed by atoms with E-state index in [1.807, 2.05) is 0 Å². The zero-order chi connectivity index (χ0) is 18.1. The van der Waals surface area contributed by atoms with Crippen molar-refractivity contribution in [3.63, 3.8) is 0 Å². The van der Waals surface area contributed by atoms with Gasteiger partial charge in [-0.3, -0.25) is 5.11 Å². The summed E-state index contributed by atoms with van der Waals surface area (Å²) in [5.41, 5.74) is 0. The summed E-state index contributed by atoms with van der Waals surface area (Å²) in [6, 6.07) is 18.0. The molecule has 0 heterocycles. The Bertz CT molecular complexity index is 1100. The molecule has 0 atom stereocenters. The number of hydrogen-bond donors (Lipinski definition) is 0. The smallest absolute Gasteiger partial charge is 0.210 e. The van der Waals surface area contributed by atoms with Gasteiger partial charge in [0.2, 0.25) is 19.7 Å². The van der Waals surface area contributed by atoms with Crippen molar-refractivity contribution in [2.75, 3.05) is 0 Å². The maximum atomic E-state index is 12.7. The predicted molar refractivity (Wildman–Crippen MR) is 90.4 cm³/mol. The first-order chi connectivity index (χ1) is 11.8. The van der Waals surface area contributed by atoms with Gasteiger partial charge in [0.1, 0.15) is 4.90 Å². The summed E-state index contributed by atoms with van der Waals surface area (Å²) in [7, 11) is -8.04. The van der Waals surface area contributed by atoms with Crippen molar-refractivity contribution in [3.8, 4) is 5.75 Å². The molecule has 0 aliphatic rings. The quantitative estimate of drug-likeness (QED) is 0.700. The molecule has 0 saturated heterocycles. The Hall–Kier alpha value is -2.64. The Morgan fingerprint density at radius 2 is 1.00 bits per heavy atom. The van der Waals surface area contributed by atoms with Gasteiger partial charge < -0.3 is 0 Å². The second-order valence-electron chi connectivity index (χ2n) is 5.24. The highest BCUT2D eigenvalue weighted by molar-refractivity contribution is 7.92. The summed E-state index contributed by atoms with van der Waals surface area (Å²) in [5, 5.41) is 12.1. The highest BCUT2D eigenvalue weighted by Gasteiger charge is 2.26. The summed E-state index contributed by atoms with van der Waals surface area (Å²) >= 11 is 0. The molecule has 7 heteroatoms. The van der Waals surface area contributed by atoms with Crippen LogP contribution in [0, 0.1) is 0 Å². The van der Waals surface area contributed by atoms with Crippen LogP contribution < -0.4 is 0 Å². The van der Waals surface area contributed by atoms with Crippen LogP contribution in [0.3, 0.4) is 0 Å². The van der Waals surface area contributed by atoms with Crippen molar-refractivity contribution in [2.24, 2.45) is 0 Å². The first-order valence-electron chi connectivity index (χ1n) is 7.25. The van der Waals surface area contributed by atoms with E-state index in [1.165, 1.54) is 36.4 Å². The summed E-state index contributed by atoms with van der Waals surface area (Å²) < 4.78 is 50.7. The van der Waals surface area contributed by atoms with Crippen molar-refractivity contribution in [3.05, 3.63) is 78.9 Å². The van der Waals surface area contributed by atoms with Gasteiger partial charge in [0.25, 0.3) is 0 Å². The molecule has 0 N–H and O–H groups in total. The van der Waals surface area contributed by atoms with E-state index in [4.69, 9.17) is 0 Å². The van der Waals surface area contributed by atoms with Gasteiger partial charge in [0.15, 0.2) is 5.75 Å². The van der Waals surface area contributed by atoms with Gasteiger partial charge in [-0.1, -0.05) is 36.4 Å². The third-order valence-electron chi connectivity index (χ3n) is 3.62. The molecular formula is C18H13O5S2. The predicted octanol–water partition coefficient (Wildman–Crippen LogP) is 3.50. The van der Waals surface area contributed by atoms with E-state index in [-0.39, 0.29) is 14.7 Å². The van der Waals surface area contributed by atoms with Crippen molar-refractivity contribution in [1.29, 1.82) is 0 Å². The topological polar surface area (TPSA) is 88.2 Å². The highest BCUT2D eigenvalue weighted by atomic mass is 32.2. The molecule has 0 aromatic heterocycles. The SMILES string of the molecule is [O]c1ccc(S(=O)(=O)c2ccccc2)cc1S(=O)(=O)c1ccccc1. The maximum absolute atomic E-state index is 12.7. The molecule has 0 aliphatic carbocycles. The normalized spacial score (nSPS) is 12.0. The van der Waals surface area contributed by atoms with Gasteiger partial charge in [-0.25, -0.2) is 16.8 Å². The van der Waals surface area contributed by atoms with E-state index in [1.54, 1.807) is 24.3 Å². The van der Waals surface area contributed by atoms with Crippen LogP contribution in [0.5, 0.6) is 5.75 Å². The molecule has 25 heavy (non-hydrogen) atoms. The molecule has 5 nitrogen and oxygen atoms in total. The molecule has 0 amide bonds. The minimum absolute atomic E-state index is 0.0247. The van der Waals surface area contributed by atoms with E-state index in [9.17, 15) is 21.9 Å². The molecule has 3 aromatic carbocycles. The van der Waals surface area contributed by atoms with Gasteiger partial charge in [-0.05, 0) is 42.5 Å². The van der Waals surface area contributed by atoms with Crippen molar-refractivity contribution < 1.29 is 21.9 Å². The van der Waals surface area contributed by atoms with Gasteiger partial charge in [-0.2, -0.15) is 0 Å². The van der Waals surface area contributed by atoms with E-state index in [2.05, 4.69) is 0 Å². The lowest BCUT2D eigenvalue weighted by Crippen LogP contribution is -2.06. The fourth-order valence-electron chi connectivity index (χ4n) is 2.33. The molecule has 3 rings (SSSR count). The third kappa shape index (κ3) is 3.16. The lowest BCUT2D eigenvalue weighted by atomic mass is 10.3. The second kappa shape index (κ2) is 6.34. The molecule has 0 aliphatic heterocycles. The number of hydrogen-bond acceptors (Lipinski definition) is 4. The minimum Gasteiger partial charge on any atom is -0.288 e. The molecule has 0 spiro atoms. The monoisotopic (exact) mass is 373 g/mol. The van der Waals surface area contributed by atoms with E-state index >= 15 is 0 Å². The fourth-order valence-corrected chi connectivity index (χ4v) is 5.09. The third-order valence-corrected chi connectivity index (χ3v) is 7.18.